The van der Waals surface area contributed by atoms with Gasteiger partial charge >= 0.3 is 0 Å². The molecule has 126 valence electrons. The normalized spacial score (nSPS) is 13.8. The minimum absolute atomic E-state index is 0.132. The molecule has 0 fully saturated rings. The van der Waals surface area contributed by atoms with Crippen LogP contribution in [0.3, 0.4) is 0 Å². The summed E-state index contributed by atoms with van der Waals surface area (Å²) in [5, 5.41) is 16.2. The van der Waals surface area contributed by atoms with E-state index in [1.165, 1.54) is 22.5 Å². The van der Waals surface area contributed by atoms with E-state index in [-0.39, 0.29) is 18.9 Å². The van der Waals surface area contributed by atoms with Crippen molar-refractivity contribution >= 4 is 28.2 Å². The first-order valence-corrected chi connectivity index (χ1v) is 8.75. The number of thiophene rings is 1. The van der Waals surface area contributed by atoms with E-state index >= 15 is 0 Å². The summed E-state index contributed by atoms with van der Waals surface area (Å²) in [6, 6.07) is 7.80. The number of rotatable bonds is 5. The molecule has 24 heavy (non-hydrogen) atoms. The van der Waals surface area contributed by atoms with Crippen molar-refractivity contribution in [3.63, 3.8) is 0 Å². The summed E-state index contributed by atoms with van der Waals surface area (Å²) in [7, 11) is 0. The Labute approximate surface area is 145 Å². The third-order valence-corrected chi connectivity index (χ3v) is 5.43. The molecule has 0 aliphatic heterocycles. The highest BCUT2D eigenvalue weighted by Crippen LogP contribution is 2.26. The highest BCUT2D eigenvalue weighted by molar-refractivity contribution is 7.10. The molecule has 0 saturated carbocycles. The molecule has 1 unspecified atom stereocenters. The molecule has 3 aromatic rings. The second kappa shape index (κ2) is 6.42. The number of fused-ring (bicyclic) bond motifs is 1. The minimum atomic E-state index is -1.06. The molecule has 3 rings (SSSR count). The summed E-state index contributed by atoms with van der Waals surface area (Å²) in [6.45, 7) is 5.97. The number of carbonyl (C=O) groups excluding carboxylic acids is 1. The topological polar surface area (TPSA) is 62.5 Å². The van der Waals surface area contributed by atoms with E-state index in [2.05, 4.69) is 11.4 Å². The summed E-state index contributed by atoms with van der Waals surface area (Å²) in [4.78, 5) is 13.1. The summed E-state index contributed by atoms with van der Waals surface area (Å²) < 4.78 is 5.56. The van der Waals surface area contributed by atoms with Crippen molar-refractivity contribution < 1.29 is 14.3 Å². The number of benzene rings is 1. The van der Waals surface area contributed by atoms with Gasteiger partial charge in [0.1, 0.15) is 11.2 Å². The third-order valence-electron chi connectivity index (χ3n) is 4.30. The molecule has 0 spiro atoms. The predicted octanol–water partition coefficient (Wildman–Crippen LogP) is 3.68. The maximum absolute atomic E-state index is 12.3. The molecular formula is C19H21NO3S. The average Bonchev–Trinajstić information content (AvgIpc) is 3.18. The SMILES string of the molecule is Cc1cc2occ(CC(=O)NCC(C)(O)c3cccs3)c2cc1C. The van der Waals surface area contributed by atoms with Gasteiger partial charge in [-0.1, -0.05) is 6.07 Å². The zero-order valence-corrected chi connectivity index (χ0v) is 14.9. The molecule has 1 aromatic carbocycles. The lowest BCUT2D eigenvalue weighted by Gasteiger charge is -2.22. The Bertz CT molecular complexity index is 862. The maximum Gasteiger partial charge on any atom is 0.224 e. The number of carbonyl (C=O) groups is 1. The first-order chi connectivity index (χ1) is 11.4. The lowest BCUT2D eigenvalue weighted by atomic mass is 10.0. The van der Waals surface area contributed by atoms with Gasteiger partial charge in [0.25, 0.3) is 0 Å². The number of nitrogens with one attached hydrogen (secondary N) is 1. The lowest BCUT2D eigenvalue weighted by Crippen LogP contribution is -2.38. The van der Waals surface area contributed by atoms with E-state index in [4.69, 9.17) is 4.42 Å². The van der Waals surface area contributed by atoms with Crippen molar-refractivity contribution in [1.82, 2.24) is 5.32 Å². The minimum Gasteiger partial charge on any atom is -0.464 e. The molecule has 2 aromatic heterocycles. The second-order valence-electron chi connectivity index (χ2n) is 6.40. The van der Waals surface area contributed by atoms with Gasteiger partial charge < -0.3 is 14.8 Å². The van der Waals surface area contributed by atoms with Gasteiger partial charge in [-0.25, -0.2) is 0 Å². The quantitative estimate of drug-likeness (QED) is 0.743. The molecule has 0 radical (unpaired) electrons. The number of amides is 1. The van der Waals surface area contributed by atoms with Crippen LogP contribution in [-0.4, -0.2) is 17.6 Å². The Balaban J connectivity index is 1.68. The van der Waals surface area contributed by atoms with E-state index in [1.54, 1.807) is 13.2 Å². The maximum atomic E-state index is 12.3. The molecule has 2 N–H and O–H groups in total. The number of hydrogen-bond acceptors (Lipinski definition) is 4. The monoisotopic (exact) mass is 343 g/mol. The second-order valence-corrected chi connectivity index (χ2v) is 7.35. The molecule has 0 aliphatic rings. The van der Waals surface area contributed by atoms with Gasteiger partial charge in [0.05, 0.1) is 19.2 Å². The summed E-state index contributed by atoms with van der Waals surface area (Å²) in [6.07, 6.45) is 1.87. The van der Waals surface area contributed by atoms with Crippen LogP contribution < -0.4 is 5.32 Å². The highest BCUT2D eigenvalue weighted by atomic mass is 32.1. The van der Waals surface area contributed by atoms with Gasteiger partial charge in [-0.2, -0.15) is 0 Å². The Morgan fingerprint density at radius 2 is 2.08 bits per heavy atom. The van der Waals surface area contributed by atoms with E-state index in [1.807, 2.05) is 37.4 Å². The smallest absolute Gasteiger partial charge is 0.224 e. The van der Waals surface area contributed by atoms with Crippen LogP contribution in [0.25, 0.3) is 11.0 Å². The molecule has 1 amide bonds. The summed E-state index contributed by atoms with van der Waals surface area (Å²) in [5.74, 6) is -0.132. The van der Waals surface area contributed by atoms with Crippen molar-refractivity contribution in [3.8, 4) is 0 Å². The Morgan fingerprint density at radius 3 is 2.79 bits per heavy atom. The van der Waals surface area contributed by atoms with Crippen molar-refractivity contribution in [2.75, 3.05) is 6.54 Å². The molecular weight excluding hydrogens is 322 g/mol. The number of aryl methyl sites for hydroxylation is 2. The van der Waals surface area contributed by atoms with Crippen molar-refractivity contribution in [2.45, 2.75) is 32.8 Å². The van der Waals surface area contributed by atoms with E-state index < -0.39 is 5.60 Å². The first kappa shape index (κ1) is 16.7. The van der Waals surface area contributed by atoms with Crippen LogP contribution in [0.15, 0.2) is 40.3 Å². The molecule has 5 heteroatoms. The van der Waals surface area contributed by atoms with E-state index in [0.717, 1.165) is 21.4 Å². The van der Waals surface area contributed by atoms with Gasteiger partial charge in [0, 0.05) is 15.8 Å². The fourth-order valence-electron chi connectivity index (χ4n) is 2.65. The number of aliphatic hydroxyl groups is 1. The zero-order valence-electron chi connectivity index (χ0n) is 14.1. The lowest BCUT2D eigenvalue weighted by molar-refractivity contribution is -0.121. The molecule has 0 saturated heterocycles. The largest absolute Gasteiger partial charge is 0.464 e. The van der Waals surface area contributed by atoms with Crippen molar-refractivity contribution in [3.05, 3.63) is 57.5 Å². The average molecular weight is 343 g/mol. The third kappa shape index (κ3) is 3.37. The first-order valence-electron chi connectivity index (χ1n) is 7.87. The summed E-state index contributed by atoms with van der Waals surface area (Å²) >= 11 is 1.48. The van der Waals surface area contributed by atoms with Gasteiger partial charge in [0.15, 0.2) is 0 Å². The van der Waals surface area contributed by atoms with Crippen LogP contribution in [0, 0.1) is 13.8 Å². The van der Waals surface area contributed by atoms with Gasteiger partial charge in [-0.15, -0.1) is 11.3 Å². The Morgan fingerprint density at radius 1 is 1.33 bits per heavy atom. The van der Waals surface area contributed by atoms with Gasteiger partial charge in [-0.3, -0.25) is 4.79 Å². The number of furan rings is 1. The fourth-order valence-corrected chi connectivity index (χ4v) is 3.44. The fraction of sp³-hybridized carbons (Fsp3) is 0.316. The molecule has 0 bridgehead atoms. The zero-order chi connectivity index (χ0) is 17.3. The predicted molar refractivity (Wildman–Crippen MR) is 96.3 cm³/mol. The Hall–Kier alpha value is -2.11. The molecule has 4 nitrogen and oxygen atoms in total. The van der Waals surface area contributed by atoms with Crippen LogP contribution in [0.1, 0.15) is 28.5 Å². The van der Waals surface area contributed by atoms with E-state index in [0.29, 0.717) is 0 Å². The van der Waals surface area contributed by atoms with Crippen LogP contribution in [-0.2, 0) is 16.8 Å². The Kier molecular flexibility index (Phi) is 4.47. The van der Waals surface area contributed by atoms with Gasteiger partial charge in [0.2, 0.25) is 5.91 Å². The molecule has 2 heterocycles. The van der Waals surface area contributed by atoms with Crippen LogP contribution in [0.4, 0.5) is 0 Å². The van der Waals surface area contributed by atoms with Crippen LogP contribution in [0.2, 0.25) is 0 Å². The van der Waals surface area contributed by atoms with Gasteiger partial charge in [-0.05, 0) is 55.5 Å². The van der Waals surface area contributed by atoms with Crippen LogP contribution >= 0.6 is 11.3 Å². The standard InChI is InChI=1S/C19H21NO3S/c1-12-7-15-14(10-23-16(15)8-13(12)2)9-18(21)20-11-19(3,22)17-5-4-6-24-17/h4-8,10,22H,9,11H2,1-3H3,(H,20,21). The highest BCUT2D eigenvalue weighted by Gasteiger charge is 2.25. The van der Waals surface area contributed by atoms with E-state index in [9.17, 15) is 9.90 Å². The van der Waals surface area contributed by atoms with Crippen molar-refractivity contribution in [1.29, 1.82) is 0 Å². The number of hydrogen-bond donors (Lipinski definition) is 2. The van der Waals surface area contributed by atoms with Crippen molar-refractivity contribution in [2.24, 2.45) is 0 Å². The summed E-state index contributed by atoms with van der Waals surface area (Å²) in [5.41, 5.74) is 2.94. The molecule has 0 aliphatic carbocycles. The van der Waals surface area contributed by atoms with Crippen LogP contribution in [0.5, 0.6) is 0 Å². The molecule has 1 atom stereocenters.